The molecule has 2 N–H and O–H groups in total. The fraction of sp³-hybridized carbons (Fsp3) is 0.176. The van der Waals surface area contributed by atoms with Gasteiger partial charge in [-0.25, -0.2) is 4.39 Å². The van der Waals surface area contributed by atoms with E-state index in [1.807, 2.05) is 0 Å². The zero-order valence-electron chi connectivity index (χ0n) is 12.2. The fourth-order valence-electron chi connectivity index (χ4n) is 2.01. The molecular weight excluding hydrogens is 283 g/mol. The number of carbonyl (C=O) groups excluding carboxylic acids is 2. The van der Waals surface area contributed by atoms with Crippen molar-refractivity contribution in [2.45, 2.75) is 12.8 Å². The maximum absolute atomic E-state index is 12.8. The molecule has 4 nitrogen and oxygen atoms in total. The number of halogens is 1. The lowest BCUT2D eigenvalue weighted by Gasteiger charge is -2.07. The van der Waals surface area contributed by atoms with Gasteiger partial charge in [-0.15, -0.1) is 0 Å². The molecule has 22 heavy (non-hydrogen) atoms. The Morgan fingerprint density at radius 2 is 1.82 bits per heavy atom. The van der Waals surface area contributed by atoms with Crippen LogP contribution in [0.2, 0.25) is 0 Å². The first-order valence-corrected chi connectivity index (χ1v) is 6.95. The first-order valence-electron chi connectivity index (χ1n) is 6.95. The number of hydrogen-bond donors (Lipinski definition) is 2. The van der Waals surface area contributed by atoms with Gasteiger partial charge in [0.2, 0.25) is 5.91 Å². The van der Waals surface area contributed by atoms with Crippen LogP contribution >= 0.6 is 0 Å². The van der Waals surface area contributed by atoms with E-state index < -0.39 is 0 Å². The van der Waals surface area contributed by atoms with E-state index in [-0.39, 0.29) is 24.1 Å². The van der Waals surface area contributed by atoms with E-state index in [4.69, 9.17) is 0 Å². The SMILES string of the molecule is CNC(=O)c1cccc(NC(=O)CCc2ccc(F)cc2)c1. The molecule has 0 fully saturated rings. The normalized spacial score (nSPS) is 10.1. The molecule has 2 aromatic carbocycles. The van der Waals surface area contributed by atoms with Crippen LogP contribution in [0.5, 0.6) is 0 Å². The van der Waals surface area contributed by atoms with Crippen LogP contribution in [0.25, 0.3) is 0 Å². The number of rotatable bonds is 5. The van der Waals surface area contributed by atoms with Crippen LogP contribution in [-0.4, -0.2) is 18.9 Å². The molecule has 0 spiro atoms. The van der Waals surface area contributed by atoms with E-state index >= 15 is 0 Å². The minimum absolute atomic E-state index is 0.154. The molecule has 5 heteroatoms. The van der Waals surface area contributed by atoms with Crippen molar-refractivity contribution in [2.24, 2.45) is 0 Å². The van der Waals surface area contributed by atoms with Crippen molar-refractivity contribution in [3.05, 3.63) is 65.5 Å². The van der Waals surface area contributed by atoms with Crippen molar-refractivity contribution in [1.82, 2.24) is 5.32 Å². The van der Waals surface area contributed by atoms with Crippen LogP contribution < -0.4 is 10.6 Å². The first kappa shape index (κ1) is 15.7. The summed E-state index contributed by atoms with van der Waals surface area (Å²) in [5.41, 5.74) is 1.96. The Morgan fingerprint density at radius 1 is 1.09 bits per heavy atom. The molecule has 0 saturated heterocycles. The highest BCUT2D eigenvalue weighted by atomic mass is 19.1. The summed E-state index contributed by atoms with van der Waals surface area (Å²) in [4.78, 5) is 23.5. The van der Waals surface area contributed by atoms with Crippen LogP contribution in [0.4, 0.5) is 10.1 Å². The number of hydrogen-bond acceptors (Lipinski definition) is 2. The third-order valence-electron chi connectivity index (χ3n) is 3.19. The van der Waals surface area contributed by atoms with Gasteiger partial charge in [-0.1, -0.05) is 18.2 Å². The molecule has 2 amide bonds. The highest BCUT2D eigenvalue weighted by molar-refractivity contribution is 5.97. The molecule has 0 aromatic heterocycles. The number of benzene rings is 2. The predicted molar refractivity (Wildman–Crippen MR) is 83.2 cm³/mol. The number of anilines is 1. The smallest absolute Gasteiger partial charge is 0.251 e. The summed E-state index contributed by atoms with van der Waals surface area (Å²) < 4.78 is 12.8. The molecule has 2 aromatic rings. The van der Waals surface area contributed by atoms with Gasteiger partial charge in [-0.2, -0.15) is 0 Å². The van der Waals surface area contributed by atoms with Crippen LogP contribution in [0.15, 0.2) is 48.5 Å². The van der Waals surface area contributed by atoms with Gasteiger partial charge in [-0.3, -0.25) is 9.59 Å². The Bertz CT molecular complexity index is 669. The molecule has 0 aliphatic heterocycles. The van der Waals surface area contributed by atoms with Gasteiger partial charge in [0.05, 0.1) is 0 Å². The second-order valence-electron chi connectivity index (χ2n) is 4.83. The molecular formula is C17H17FN2O2. The first-order chi connectivity index (χ1) is 10.6. The van der Waals surface area contributed by atoms with Crippen LogP contribution in [0, 0.1) is 5.82 Å². The molecule has 0 unspecified atom stereocenters. The molecule has 0 aliphatic rings. The maximum Gasteiger partial charge on any atom is 0.251 e. The van der Waals surface area contributed by atoms with Crippen LogP contribution in [0.3, 0.4) is 0 Å². The number of carbonyl (C=O) groups is 2. The fourth-order valence-corrected chi connectivity index (χ4v) is 2.01. The highest BCUT2D eigenvalue weighted by Gasteiger charge is 2.07. The molecule has 0 radical (unpaired) electrons. The van der Waals surface area contributed by atoms with Crippen molar-refractivity contribution in [2.75, 3.05) is 12.4 Å². The van der Waals surface area contributed by atoms with E-state index in [1.54, 1.807) is 43.4 Å². The summed E-state index contributed by atoms with van der Waals surface area (Å²) in [5.74, 6) is -0.653. The molecule has 0 saturated carbocycles. The minimum Gasteiger partial charge on any atom is -0.355 e. The molecule has 0 heterocycles. The monoisotopic (exact) mass is 300 g/mol. The molecule has 0 bridgehead atoms. The van der Waals surface area contributed by atoms with Crippen LogP contribution in [0.1, 0.15) is 22.3 Å². The summed E-state index contributed by atoms with van der Waals surface area (Å²) >= 11 is 0. The quantitative estimate of drug-likeness (QED) is 0.892. The Morgan fingerprint density at radius 3 is 2.50 bits per heavy atom. The van der Waals surface area contributed by atoms with Gasteiger partial charge in [-0.05, 0) is 42.3 Å². The van der Waals surface area contributed by atoms with Crippen molar-refractivity contribution < 1.29 is 14.0 Å². The Labute approximate surface area is 128 Å². The lowest BCUT2D eigenvalue weighted by atomic mass is 10.1. The van der Waals surface area contributed by atoms with Gasteiger partial charge < -0.3 is 10.6 Å². The van der Waals surface area contributed by atoms with Gasteiger partial charge in [0.15, 0.2) is 0 Å². The van der Waals surface area contributed by atoms with Gasteiger partial charge >= 0.3 is 0 Å². The van der Waals surface area contributed by atoms with Gasteiger partial charge in [0, 0.05) is 24.7 Å². The second-order valence-corrected chi connectivity index (χ2v) is 4.83. The number of aryl methyl sites for hydroxylation is 1. The summed E-state index contributed by atoms with van der Waals surface area (Å²) in [6, 6.07) is 12.8. The third kappa shape index (κ3) is 4.41. The number of nitrogens with one attached hydrogen (secondary N) is 2. The van der Waals surface area contributed by atoms with E-state index in [0.717, 1.165) is 5.56 Å². The highest BCUT2D eigenvalue weighted by Crippen LogP contribution is 2.12. The van der Waals surface area contributed by atoms with E-state index in [2.05, 4.69) is 10.6 Å². The molecule has 0 aliphatic carbocycles. The topological polar surface area (TPSA) is 58.2 Å². The van der Waals surface area contributed by atoms with Gasteiger partial charge in [0.1, 0.15) is 5.82 Å². The average Bonchev–Trinajstić information content (AvgIpc) is 2.54. The zero-order chi connectivity index (χ0) is 15.9. The van der Waals surface area contributed by atoms with E-state index in [9.17, 15) is 14.0 Å². The van der Waals surface area contributed by atoms with Crippen molar-refractivity contribution in [3.63, 3.8) is 0 Å². The summed E-state index contributed by atoms with van der Waals surface area (Å²) in [7, 11) is 1.55. The predicted octanol–water partition coefficient (Wildman–Crippen LogP) is 2.76. The zero-order valence-corrected chi connectivity index (χ0v) is 12.2. The summed E-state index contributed by atoms with van der Waals surface area (Å²) in [6.45, 7) is 0. The maximum atomic E-state index is 12.8. The van der Waals surface area contributed by atoms with E-state index in [1.165, 1.54) is 12.1 Å². The van der Waals surface area contributed by atoms with E-state index in [0.29, 0.717) is 17.7 Å². The lowest BCUT2D eigenvalue weighted by molar-refractivity contribution is -0.116. The van der Waals surface area contributed by atoms with Crippen molar-refractivity contribution >= 4 is 17.5 Å². The Hall–Kier alpha value is -2.69. The average molecular weight is 300 g/mol. The second kappa shape index (κ2) is 7.36. The lowest BCUT2D eigenvalue weighted by Crippen LogP contribution is -2.18. The Balaban J connectivity index is 1.91. The molecule has 114 valence electrons. The Kier molecular flexibility index (Phi) is 5.25. The van der Waals surface area contributed by atoms with Crippen molar-refractivity contribution in [1.29, 1.82) is 0 Å². The summed E-state index contributed by atoms with van der Waals surface area (Å²) in [6.07, 6.45) is 0.817. The molecule has 0 atom stereocenters. The van der Waals surface area contributed by atoms with Crippen LogP contribution in [-0.2, 0) is 11.2 Å². The largest absolute Gasteiger partial charge is 0.355 e. The van der Waals surface area contributed by atoms with Crippen molar-refractivity contribution in [3.8, 4) is 0 Å². The van der Waals surface area contributed by atoms with Gasteiger partial charge in [0.25, 0.3) is 5.91 Å². The molecule has 2 rings (SSSR count). The standard InChI is InChI=1S/C17H17FN2O2/c1-19-17(22)13-3-2-4-15(11-13)20-16(21)10-7-12-5-8-14(18)9-6-12/h2-6,8-9,11H,7,10H2,1H3,(H,19,22)(H,20,21). The minimum atomic E-state index is -0.292. The summed E-state index contributed by atoms with van der Waals surface area (Å²) in [5, 5.41) is 5.28. The third-order valence-corrected chi connectivity index (χ3v) is 3.19. The number of amides is 2.